The Labute approximate surface area is 117 Å². The number of phenolic OH excluding ortho intramolecular Hbond substituents is 1. The van der Waals surface area contributed by atoms with E-state index in [4.69, 9.17) is 10.5 Å². The molecule has 0 spiro atoms. The predicted molar refractivity (Wildman–Crippen MR) is 77.9 cm³/mol. The Balaban J connectivity index is 1.96. The van der Waals surface area contributed by atoms with E-state index >= 15 is 0 Å². The third kappa shape index (κ3) is 3.41. The summed E-state index contributed by atoms with van der Waals surface area (Å²) in [5, 5.41) is 9.22. The quantitative estimate of drug-likeness (QED) is 0.835. The van der Waals surface area contributed by atoms with Gasteiger partial charge in [-0.25, -0.2) is 0 Å². The Bertz CT molecular complexity index is 596. The number of nitrogens with two attached hydrogens (primary N) is 1. The lowest BCUT2D eigenvalue weighted by molar-refractivity contribution is -0.120. The number of anilines is 2. The van der Waals surface area contributed by atoms with Gasteiger partial charge in [0.2, 0.25) is 0 Å². The number of carbonyl (C=O) groups excluding carboxylic acids is 1. The third-order valence-corrected chi connectivity index (χ3v) is 2.83. The van der Waals surface area contributed by atoms with Crippen LogP contribution >= 0.6 is 0 Å². The molecule has 0 unspecified atom stereocenters. The van der Waals surface area contributed by atoms with Crippen LogP contribution in [0, 0.1) is 0 Å². The molecule has 0 aliphatic heterocycles. The highest BCUT2D eigenvalue weighted by molar-refractivity contribution is 5.93. The third-order valence-electron chi connectivity index (χ3n) is 2.83. The lowest BCUT2D eigenvalue weighted by Crippen LogP contribution is -2.31. The van der Waals surface area contributed by atoms with Gasteiger partial charge in [-0.3, -0.25) is 4.79 Å². The Morgan fingerprint density at radius 3 is 2.60 bits per heavy atom. The van der Waals surface area contributed by atoms with Gasteiger partial charge in [-0.2, -0.15) is 0 Å². The minimum atomic E-state index is -0.196. The molecule has 20 heavy (non-hydrogen) atoms. The van der Waals surface area contributed by atoms with Crippen molar-refractivity contribution in [3.8, 4) is 11.5 Å². The molecule has 2 aromatic rings. The molecule has 104 valence electrons. The molecule has 0 radical (unpaired) electrons. The van der Waals surface area contributed by atoms with Gasteiger partial charge in [0.25, 0.3) is 5.91 Å². The molecule has 0 aromatic heterocycles. The number of nitrogen functional groups attached to an aromatic ring is 1. The maximum Gasteiger partial charge on any atom is 0.264 e. The summed E-state index contributed by atoms with van der Waals surface area (Å²) in [4.78, 5) is 13.5. The number of amides is 1. The maximum absolute atomic E-state index is 12.0. The summed E-state index contributed by atoms with van der Waals surface area (Å²) in [5.74, 6) is 0.515. The molecule has 0 saturated carbocycles. The van der Waals surface area contributed by atoms with Crippen molar-refractivity contribution in [3.63, 3.8) is 0 Å². The largest absolute Gasteiger partial charge is 0.508 e. The number of ether oxygens (including phenoxy) is 1. The summed E-state index contributed by atoms with van der Waals surface area (Å²) in [6.07, 6.45) is 0. The fourth-order valence-corrected chi connectivity index (χ4v) is 1.67. The van der Waals surface area contributed by atoms with E-state index in [1.807, 2.05) is 0 Å². The fraction of sp³-hybridized carbons (Fsp3) is 0.133. The van der Waals surface area contributed by atoms with Crippen LogP contribution in [-0.2, 0) is 4.79 Å². The summed E-state index contributed by atoms with van der Waals surface area (Å²) in [7, 11) is 1.65. The number of benzene rings is 2. The van der Waals surface area contributed by atoms with Gasteiger partial charge in [-0.05, 0) is 36.4 Å². The molecule has 0 fully saturated rings. The van der Waals surface area contributed by atoms with E-state index in [0.29, 0.717) is 17.1 Å². The number of hydrogen-bond acceptors (Lipinski definition) is 4. The monoisotopic (exact) mass is 272 g/mol. The minimum absolute atomic E-state index is 0.0825. The van der Waals surface area contributed by atoms with Crippen LogP contribution < -0.4 is 15.4 Å². The standard InChI is InChI=1S/C15H16N2O3/c1-17(12-5-7-13(18)8-6-12)15(19)10-20-14-4-2-3-11(16)9-14/h2-9,18H,10,16H2,1H3. The van der Waals surface area contributed by atoms with Crippen molar-refractivity contribution in [2.75, 3.05) is 24.3 Å². The van der Waals surface area contributed by atoms with Gasteiger partial charge in [0.15, 0.2) is 6.61 Å². The lowest BCUT2D eigenvalue weighted by Gasteiger charge is -2.17. The zero-order valence-corrected chi connectivity index (χ0v) is 11.1. The summed E-state index contributed by atoms with van der Waals surface area (Å²) >= 11 is 0. The van der Waals surface area contributed by atoms with E-state index in [0.717, 1.165) is 0 Å². The van der Waals surface area contributed by atoms with E-state index in [1.54, 1.807) is 43.4 Å². The number of aromatic hydroxyl groups is 1. The van der Waals surface area contributed by atoms with E-state index in [1.165, 1.54) is 17.0 Å². The number of hydrogen-bond donors (Lipinski definition) is 2. The van der Waals surface area contributed by atoms with E-state index in [9.17, 15) is 9.90 Å². The number of rotatable bonds is 4. The molecular weight excluding hydrogens is 256 g/mol. The molecule has 5 nitrogen and oxygen atoms in total. The molecule has 0 bridgehead atoms. The van der Waals surface area contributed by atoms with E-state index < -0.39 is 0 Å². The molecule has 0 aliphatic rings. The first-order valence-corrected chi connectivity index (χ1v) is 6.10. The Kier molecular flexibility index (Phi) is 4.10. The van der Waals surface area contributed by atoms with Crippen molar-refractivity contribution in [1.29, 1.82) is 0 Å². The van der Waals surface area contributed by atoms with Gasteiger partial charge in [0, 0.05) is 24.5 Å². The highest BCUT2D eigenvalue weighted by atomic mass is 16.5. The van der Waals surface area contributed by atoms with Gasteiger partial charge >= 0.3 is 0 Å². The minimum Gasteiger partial charge on any atom is -0.508 e. The van der Waals surface area contributed by atoms with Gasteiger partial charge in [-0.1, -0.05) is 6.07 Å². The Morgan fingerprint density at radius 2 is 1.95 bits per heavy atom. The zero-order chi connectivity index (χ0) is 14.5. The van der Waals surface area contributed by atoms with Crippen molar-refractivity contribution in [2.45, 2.75) is 0 Å². The fourth-order valence-electron chi connectivity index (χ4n) is 1.67. The second-order valence-electron chi connectivity index (χ2n) is 4.33. The molecule has 2 rings (SSSR count). The molecule has 1 amide bonds. The first-order chi connectivity index (χ1) is 9.56. The van der Waals surface area contributed by atoms with Crippen LogP contribution in [0.3, 0.4) is 0 Å². The SMILES string of the molecule is CN(C(=O)COc1cccc(N)c1)c1ccc(O)cc1. The first-order valence-electron chi connectivity index (χ1n) is 6.10. The first kappa shape index (κ1) is 13.7. The maximum atomic E-state index is 12.0. The highest BCUT2D eigenvalue weighted by Gasteiger charge is 2.11. The average molecular weight is 272 g/mol. The van der Waals surface area contributed by atoms with Crippen LogP contribution in [0.15, 0.2) is 48.5 Å². The molecular formula is C15H16N2O3. The van der Waals surface area contributed by atoms with Gasteiger partial charge in [0.1, 0.15) is 11.5 Å². The van der Waals surface area contributed by atoms with Gasteiger partial charge < -0.3 is 20.5 Å². The van der Waals surface area contributed by atoms with Crippen LogP contribution in [0.5, 0.6) is 11.5 Å². The molecule has 5 heteroatoms. The predicted octanol–water partition coefficient (Wildman–Crippen LogP) is 2.02. The van der Waals surface area contributed by atoms with Crippen LogP contribution in [0.1, 0.15) is 0 Å². The summed E-state index contributed by atoms with van der Waals surface area (Å²) in [6.45, 7) is -0.0825. The lowest BCUT2D eigenvalue weighted by atomic mass is 10.3. The second-order valence-corrected chi connectivity index (χ2v) is 4.33. The summed E-state index contributed by atoms with van der Waals surface area (Å²) in [5.41, 5.74) is 6.90. The van der Waals surface area contributed by atoms with Crippen molar-refractivity contribution < 1.29 is 14.6 Å². The molecule has 2 aromatic carbocycles. The Morgan fingerprint density at radius 1 is 1.25 bits per heavy atom. The topological polar surface area (TPSA) is 75.8 Å². The van der Waals surface area contributed by atoms with Crippen LogP contribution in [-0.4, -0.2) is 24.7 Å². The van der Waals surface area contributed by atoms with E-state index in [-0.39, 0.29) is 18.3 Å². The normalized spacial score (nSPS) is 10.1. The summed E-state index contributed by atoms with van der Waals surface area (Å²) in [6, 6.07) is 13.3. The second kappa shape index (κ2) is 5.97. The molecule has 0 atom stereocenters. The van der Waals surface area contributed by atoms with Gasteiger partial charge in [-0.15, -0.1) is 0 Å². The number of likely N-dealkylation sites (N-methyl/N-ethyl adjacent to an activating group) is 1. The van der Waals surface area contributed by atoms with Gasteiger partial charge in [0.05, 0.1) is 0 Å². The number of nitrogens with zero attached hydrogens (tertiary/aromatic N) is 1. The highest BCUT2D eigenvalue weighted by Crippen LogP contribution is 2.18. The number of phenols is 1. The van der Waals surface area contributed by atoms with Crippen molar-refractivity contribution in [1.82, 2.24) is 0 Å². The van der Waals surface area contributed by atoms with Crippen LogP contribution in [0.4, 0.5) is 11.4 Å². The van der Waals surface area contributed by atoms with Crippen LogP contribution in [0.25, 0.3) is 0 Å². The van der Waals surface area contributed by atoms with Crippen molar-refractivity contribution in [3.05, 3.63) is 48.5 Å². The van der Waals surface area contributed by atoms with Crippen LogP contribution in [0.2, 0.25) is 0 Å². The Hall–Kier alpha value is -2.69. The van der Waals surface area contributed by atoms with E-state index in [2.05, 4.69) is 0 Å². The van der Waals surface area contributed by atoms with Crippen molar-refractivity contribution in [2.24, 2.45) is 0 Å². The summed E-state index contributed by atoms with van der Waals surface area (Å²) < 4.78 is 5.39. The number of carbonyl (C=O) groups is 1. The van der Waals surface area contributed by atoms with Crippen molar-refractivity contribution >= 4 is 17.3 Å². The average Bonchev–Trinajstić information content (AvgIpc) is 2.45. The molecule has 0 saturated heterocycles. The smallest absolute Gasteiger partial charge is 0.264 e. The molecule has 0 heterocycles. The zero-order valence-electron chi connectivity index (χ0n) is 11.1. The molecule has 0 aliphatic carbocycles. The molecule has 3 N–H and O–H groups in total.